The first-order valence-electron chi connectivity index (χ1n) is 13.0. The first-order chi connectivity index (χ1) is 23.8. The number of rotatable bonds is 11. The molecule has 4 aromatic heterocycles. The summed E-state index contributed by atoms with van der Waals surface area (Å²) in [6, 6.07) is -0.0768. The number of halogens is 1. The second kappa shape index (κ2) is 16.2. The van der Waals surface area contributed by atoms with Crippen molar-refractivity contribution in [1.82, 2.24) is 44.1 Å². The van der Waals surface area contributed by atoms with Gasteiger partial charge in [0.15, 0.2) is 10.2 Å². The van der Waals surface area contributed by atoms with Crippen molar-refractivity contribution in [3.63, 3.8) is 0 Å². The lowest BCUT2D eigenvalue weighted by molar-refractivity contribution is 0.0684. The number of methoxy groups -OCH3 is 3. The molecule has 0 radical (unpaired) electrons. The van der Waals surface area contributed by atoms with Gasteiger partial charge in [-0.05, 0) is 18.4 Å². The van der Waals surface area contributed by atoms with Gasteiger partial charge < -0.3 is 24.4 Å². The van der Waals surface area contributed by atoms with E-state index in [2.05, 4.69) is 40.7 Å². The van der Waals surface area contributed by atoms with E-state index in [1.54, 1.807) is 9.44 Å². The van der Waals surface area contributed by atoms with Crippen LogP contribution in [0.2, 0.25) is 5.15 Å². The monoisotopic (exact) mass is 793 g/mol. The van der Waals surface area contributed by atoms with E-state index in [1.807, 2.05) is 0 Å². The van der Waals surface area contributed by atoms with E-state index in [0.717, 1.165) is 24.5 Å². The second-order valence-electron chi connectivity index (χ2n) is 8.91. The first-order valence-corrected chi connectivity index (χ1v) is 17.2. The van der Waals surface area contributed by atoms with Crippen molar-refractivity contribution < 1.29 is 60.4 Å². The Kier molecular flexibility index (Phi) is 12.5. The molecule has 0 aromatic carbocycles. The van der Waals surface area contributed by atoms with E-state index in [-0.39, 0.29) is 35.5 Å². The highest BCUT2D eigenvalue weighted by Gasteiger charge is 2.32. The summed E-state index contributed by atoms with van der Waals surface area (Å²) < 4.78 is 67.6. The van der Waals surface area contributed by atoms with Gasteiger partial charge in [-0.25, -0.2) is 37.0 Å². The van der Waals surface area contributed by atoms with Gasteiger partial charge >= 0.3 is 30.0 Å². The molecule has 4 rings (SSSR count). The Hall–Kier alpha value is -5.93. The number of urea groups is 2. The Morgan fingerprint density at radius 3 is 1.88 bits per heavy atom. The lowest BCUT2D eigenvalue weighted by Gasteiger charge is -2.10. The van der Waals surface area contributed by atoms with E-state index in [0.29, 0.717) is 4.68 Å². The average Bonchev–Trinajstić information content (AvgIpc) is 3.65. The number of ether oxygens (including phenoxy) is 3. The molecule has 0 atom stereocenters. The number of aromatic carboxylic acids is 2. The van der Waals surface area contributed by atoms with Gasteiger partial charge in [-0.15, -0.1) is 11.3 Å². The molecule has 0 spiro atoms. The highest BCUT2D eigenvalue weighted by Crippen LogP contribution is 2.24. The van der Waals surface area contributed by atoms with Crippen molar-refractivity contribution in [3.8, 4) is 17.8 Å². The van der Waals surface area contributed by atoms with Crippen LogP contribution in [-0.4, -0.2) is 107 Å². The predicted octanol–water partition coefficient (Wildman–Crippen LogP) is 0.548. The molecule has 0 unspecified atom stereocenters. The fourth-order valence-electron chi connectivity index (χ4n) is 3.51. The van der Waals surface area contributed by atoms with E-state index in [1.165, 1.54) is 39.7 Å². The fraction of sp³-hybridized carbons (Fsp3) is 0.217. The van der Waals surface area contributed by atoms with Crippen LogP contribution in [0.1, 0.15) is 25.9 Å². The molecule has 274 valence electrons. The zero-order valence-corrected chi connectivity index (χ0v) is 29.6. The summed E-state index contributed by atoms with van der Waals surface area (Å²) in [6.07, 6.45) is 0. The third kappa shape index (κ3) is 10.1. The number of aromatic nitrogens is 7. The number of hydrogen-bond donors (Lipinski definition) is 6. The minimum Gasteiger partial charge on any atom is -0.481 e. The maximum Gasteiger partial charge on any atom is 0.347 e. The number of anilines is 2. The summed E-state index contributed by atoms with van der Waals surface area (Å²) in [5.74, 6) is -3.25. The third-order valence-electron chi connectivity index (χ3n) is 5.44. The maximum atomic E-state index is 12.4. The number of carbonyl (C=O) groups is 4. The largest absolute Gasteiger partial charge is 0.481 e. The van der Waals surface area contributed by atoms with Crippen molar-refractivity contribution in [2.24, 2.45) is 7.05 Å². The summed E-state index contributed by atoms with van der Waals surface area (Å²) in [4.78, 5) is 64.1. The number of thiophene rings is 1. The maximum absolute atomic E-state index is 12.4. The van der Waals surface area contributed by atoms with E-state index in [9.17, 15) is 36.0 Å². The molecule has 0 aliphatic carbocycles. The number of amides is 4. The Bertz CT molecular complexity index is 2190. The summed E-state index contributed by atoms with van der Waals surface area (Å²) in [5.41, 5.74) is -0.779. The number of hydrogen-bond acceptors (Lipinski definition) is 18. The first kappa shape index (κ1) is 39.5. The standard InChI is InChI=1S/C12H13ClN6O7S.C11H11N5O6S2/c1-19-9(7(10(20)21)8(13)17-19)27(23,24)18-12(22)16-11-14-5(25-2)4-6(15-11)26-3;1-5-12-9(15-11(13-5)22-2)14-10(19)16-24(20,21)6-3-4-23-7(6)8(17)18/h4H,1-3H3,(H,20,21)(H2,14,15,16,18,22);3-4H,1-2H3,(H,17,18)(H2,12,13,14,15,16,19). The zero-order valence-electron chi connectivity index (χ0n) is 26.4. The molecule has 6 N–H and O–H groups in total. The van der Waals surface area contributed by atoms with Crippen molar-refractivity contribution in [2.45, 2.75) is 16.8 Å². The van der Waals surface area contributed by atoms with Crippen LogP contribution in [0.5, 0.6) is 17.8 Å². The molecule has 0 fully saturated rings. The third-order valence-corrected chi connectivity index (χ3v) is 9.55. The molecular weight excluding hydrogens is 770 g/mol. The fourth-order valence-corrected chi connectivity index (χ4v) is 7.25. The van der Waals surface area contributed by atoms with Gasteiger partial charge in [0.1, 0.15) is 21.2 Å². The Morgan fingerprint density at radius 1 is 0.824 bits per heavy atom. The Balaban J connectivity index is 0.000000277. The van der Waals surface area contributed by atoms with Crippen molar-refractivity contribution in [3.05, 3.63) is 38.9 Å². The Labute approximate surface area is 295 Å². The van der Waals surface area contributed by atoms with Gasteiger partial charge in [0.25, 0.3) is 20.0 Å². The van der Waals surface area contributed by atoms with Crippen molar-refractivity contribution in [2.75, 3.05) is 32.0 Å². The van der Waals surface area contributed by atoms with Gasteiger partial charge in [-0.2, -0.15) is 38.4 Å². The molecule has 0 bridgehead atoms. The number of carboxylic acids is 2. The topological polar surface area (TPSA) is 335 Å². The van der Waals surface area contributed by atoms with Crippen LogP contribution < -0.4 is 34.3 Å². The SMILES string of the molecule is COc1cc(OC)nc(NC(=O)NS(=O)(=O)c2c(C(=O)O)c(Cl)nn2C)n1.COc1nc(C)nc(NC(=O)NS(=O)(=O)c2ccsc2C(=O)O)n1. The van der Waals surface area contributed by atoms with Crippen LogP contribution in [-0.2, 0) is 27.1 Å². The summed E-state index contributed by atoms with van der Waals surface area (Å²) in [6.45, 7) is 1.52. The average molecular weight is 794 g/mol. The highest BCUT2D eigenvalue weighted by atomic mass is 35.5. The summed E-state index contributed by atoms with van der Waals surface area (Å²) in [7, 11) is -3.92. The van der Waals surface area contributed by atoms with E-state index < -0.39 is 69.6 Å². The smallest absolute Gasteiger partial charge is 0.347 e. The minimum atomic E-state index is -4.64. The number of nitrogens with zero attached hydrogens (tertiary/aromatic N) is 7. The lowest BCUT2D eigenvalue weighted by atomic mass is 10.4. The number of aryl methyl sites for hydroxylation is 2. The normalized spacial score (nSPS) is 10.9. The highest BCUT2D eigenvalue weighted by molar-refractivity contribution is 7.90. The zero-order chi connectivity index (χ0) is 38.3. The number of nitrogens with one attached hydrogen (secondary N) is 4. The van der Waals surface area contributed by atoms with Crippen molar-refractivity contribution in [1.29, 1.82) is 0 Å². The molecule has 4 aromatic rings. The van der Waals surface area contributed by atoms with E-state index in [4.69, 9.17) is 36.0 Å². The summed E-state index contributed by atoms with van der Waals surface area (Å²) in [5, 5.41) is 25.7. The van der Waals surface area contributed by atoms with Crippen molar-refractivity contribution >= 4 is 78.9 Å². The number of carbonyl (C=O) groups excluding carboxylic acids is 2. The number of carboxylic acid groups (broad SMARTS) is 2. The van der Waals surface area contributed by atoms with Crippen LogP contribution in [0.3, 0.4) is 0 Å². The molecule has 0 saturated carbocycles. The van der Waals surface area contributed by atoms with Crippen LogP contribution in [0, 0.1) is 6.92 Å². The number of sulfonamides is 2. The molecule has 24 nitrogen and oxygen atoms in total. The quantitative estimate of drug-likeness (QED) is 0.121. The minimum absolute atomic E-state index is 0.0478. The molecular formula is C23H24ClN11O13S3. The van der Waals surface area contributed by atoms with Gasteiger partial charge in [0, 0.05) is 7.05 Å². The van der Waals surface area contributed by atoms with Gasteiger partial charge in [-0.3, -0.25) is 15.3 Å². The molecule has 4 amide bonds. The Morgan fingerprint density at radius 2 is 1.37 bits per heavy atom. The molecule has 0 aliphatic heterocycles. The van der Waals surface area contributed by atoms with Crippen LogP contribution >= 0.6 is 22.9 Å². The van der Waals surface area contributed by atoms with Gasteiger partial charge in [0.05, 0.1) is 27.4 Å². The second-order valence-corrected chi connectivity index (χ2v) is 13.4. The molecule has 0 aliphatic rings. The molecule has 0 saturated heterocycles. The van der Waals surface area contributed by atoms with Gasteiger partial charge in [-0.1, -0.05) is 11.6 Å². The van der Waals surface area contributed by atoms with Crippen LogP contribution in [0.4, 0.5) is 21.5 Å². The van der Waals surface area contributed by atoms with Crippen LogP contribution in [0.15, 0.2) is 27.4 Å². The molecule has 4 heterocycles. The van der Waals surface area contributed by atoms with E-state index >= 15 is 0 Å². The summed E-state index contributed by atoms with van der Waals surface area (Å²) >= 11 is 6.35. The van der Waals surface area contributed by atoms with Crippen LogP contribution in [0.25, 0.3) is 0 Å². The lowest BCUT2D eigenvalue weighted by Crippen LogP contribution is -2.36. The molecule has 28 heteroatoms. The van der Waals surface area contributed by atoms with Gasteiger partial charge in [0.2, 0.25) is 23.7 Å². The molecule has 51 heavy (non-hydrogen) atoms. The predicted molar refractivity (Wildman–Crippen MR) is 171 cm³/mol.